The Morgan fingerprint density at radius 3 is 2.81 bits per heavy atom. The Bertz CT molecular complexity index is 911. The maximum Gasteiger partial charge on any atom is 0.185 e. The summed E-state index contributed by atoms with van der Waals surface area (Å²) < 4.78 is 13.9. The van der Waals surface area contributed by atoms with Crippen LogP contribution in [0.5, 0.6) is 0 Å². The predicted octanol–water partition coefficient (Wildman–Crippen LogP) is 3.28. The van der Waals surface area contributed by atoms with Gasteiger partial charge in [0.2, 0.25) is 0 Å². The van der Waals surface area contributed by atoms with Crippen molar-refractivity contribution >= 4 is 22.3 Å². The molecule has 2 heterocycles. The van der Waals surface area contributed by atoms with Gasteiger partial charge in [0.05, 0.1) is 0 Å². The number of benzene rings is 1. The van der Waals surface area contributed by atoms with E-state index in [1.807, 2.05) is 49.4 Å². The van der Waals surface area contributed by atoms with Crippen molar-refractivity contribution in [3.63, 3.8) is 0 Å². The minimum Gasteiger partial charge on any atom is -0.366 e. The standard InChI is InChI=1S/C19H23N5OS/c1-2-26(25)16-10-6-9-15(13-16)20-17-11-12-18-21-22-19(24(18)23-17)14-7-4-3-5-8-14/h3-5,7-8,11-12,15-16H,2,6,9-10,13H2,1H3,(H,20,23). The number of rotatable bonds is 5. The first-order valence-corrected chi connectivity index (χ1v) is 10.5. The molecule has 136 valence electrons. The molecule has 0 saturated heterocycles. The van der Waals surface area contributed by atoms with E-state index in [9.17, 15) is 4.21 Å². The van der Waals surface area contributed by atoms with E-state index in [4.69, 9.17) is 5.10 Å². The first-order valence-electron chi connectivity index (χ1n) is 9.16. The van der Waals surface area contributed by atoms with Gasteiger partial charge < -0.3 is 5.32 Å². The summed E-state index contributed by atoms with van der Waals surface area (Å²) in [6.45, 7) is 2.00. The molecule has 0 aliphatic heterocycles. The van der Waals surface area contributed by atoms with Crippen LogP contribution in [0, 0.1) is 0 Å². The maximum absolute atomic E-state index is 12.2. The highest BCUT2D eigenvalue weighted by Gasteiger charge is 2.25. The second-order valence-corrected chi connectivity index (χ2v) is 8.68. The predicted molar refractivity (Wildman–Crippen MR) is 105 cm³/mol. The third kappa shape index (κ3) is 3.49. The van der Waals surface area contributed by atoms with Crippen molar-refractivity contribution in [1.82, 2.24) is 19.8 Å². The van der Waals surface area contributed by atoms with Gasteiger partial charge in [-0.1, -0.05) is 43.7 Å². The Balaban J connectivity index is 1.57. The molecule has 6 nitrogen and oxygen atoms in total. The van der Waals surface area contributed by atoms with Gasteiger partial charge in [0.1, 0.15) is 5.82 Å². The smallest absolute Gasteiger partial charge is 0.185 e. The molecule has 3 aromatic rings. The van der Waals surface area contributed by atoms with Gasteiger partial charge in [0.15, 0.2) is 11.5 Å². The molecule has 1 aliphatic rings. The molecule has 1 fully saturated rings. The van der Waals surface area contributed by atoms with Crippen LogP contribution in [0.4, 0.5) is 5.82 Å². The van der Waals surface area contributed by atoms with Crippen LogP contribution in [-0.4, -0.2) is 41.1 Å². The number of aromatic nitrogens is 4. The Morgan fingerprint density at radius 2 is 2.00 bits per heavy atom. The summed E-state index contributed by atoms with van der Waals surface area (Å²) in [5.74, 6) is 2.28. The van der Waals surface area contributed by atoms with Gasteiger partial charge in [0.25, 0.3) is 0 Å². The second kappa shape index (κ2) is 7.53. The lowest BCUT2D eigenvalue weighted by Crippen LogP contribution is -2.33. The lowest BCUT2D eigenvalue weighted by atomic mass is 9.95. The molecule has 0 radical (unpaired) electrons. The number of nitrogens with one attached hydrogen (secondary N) is 1. The van der Waals surface area contributed by atoms with Gasteiger partial charge in [-0.3, -0.25) is 4.21 Å². The molecule has 7 heteroatoms. The van der Waals surface area contributed by atoms with Crippen molar-refractivity contribution in [3.8, 4) is 11.4 Å². The van der Waals surface area contributed by atoms with Crippen molar-refractivity contribution < 1.29 is 4.21 Å². The molecule has 1 aromatic carbocycles. The van der Waals surface area contributed by atoms with E-state index in [-0.39, 0.29) is 0 Å². The highest BCUT2D eigenvalue weighted by molar-refractivity contribution is 7.85. The molecule has 1 N–H and O–H groups in total. The largest absolute Gasteiger partial charge is 0.366 e. The summed E-state index contributed by atoms with van der Waals surface area (Å²) in [5, 5.41) is 17.0. The fraction of sp³-hybridized carbons (Fsp3) is 0.421. The van der Waals surface area contributed by atoms with E-state index < -0.39 is 10.8 Å². The van der Waals surface area contributed by atoms with Crippen LogP contribution in [0.25, 0.3) is 17.0 Å². The summed E-state index contributed by atoms with van der Waals surface area (Å²) >= 11 is 0. The van der Waals surface area contributed by atoms with Gasteiger partial charge in [-0.2, -0.15) is 4.52 Å². The topological polar surface area (TPSA) is 72.2 Å². The van der Waals surface area contributed by atoms with Crippen molar-refractivity contribution in [2.45, 2.75) is 43.9 Å². The fourth-order valence-corrected chi connectivity index (χ4v) is 4.94. The highest BCUT2D eigenvalue weighted by atomic mass is 32.2. The highest BCUT2D eigenvalue weighted by Crippen LogP contribution is 2.25. The molecule has 4 rings (SSSR count). The molecule has 1 aliphatic carbocycles. The van der Waals surface area contributed by atoms with E-state index in [0.29, 0.717) is 11.3 Å². The van der Waals surface area contributed by atoms with Gasteiger partial charge in [-0.15, -0.1) is 15.3 Å². The van der Waals surface area contributed by atoms with Gasteiger partial charge in [0, 0.05) is 33.4 Å². The van der Waals surface area contributed by atoms with Crippen LogP contribution in [-0.2, 0) is 10.8 Å². The zero-order valence-corrected chi connectivity index (χ0v) is 15.7. The lowest BCUT2D eigenvalue weighted by Gasteiger charge is -2.29. The number of fused-ring (bicyclic) bond motifs is 1. The first kappa shape index (κ1) is 17.1. The fourth-order valence-electron chi connectivity index (χ4n) is 3.59. The molecule has 0 spiro atoms. The van der Waals surface area contributed by atoms with E-state index in [1.54, 1.807) is 4.52 Å². The second-order valence-electron chi connectivity index (χ2n) is 6.68. The first-order chi connectivity index (χ1) is 12.7. The Hall–Kier alpha value is -2.28. The van der Waals surface area contributed by atoms with Crippen molar-refractivity contribution in [2.24, 2.45) is 0 Å². The van der Waals surface area contributed by atoms with E-state index in [2.05, 4.69) is 15.5 Å². The number of hydrogen-bond acceptors (Lipinski definition) is 5. The van der Waals surface area contributed by atoms with E-state index >= 15 is 0 Å². The normalized spacial score (nSPS) is 21.6. The zero-order chi connectivity index (χ0) is 17.9. The average Bonchev–Trinajstić information content (AvgIpc) is 3.11. The van der Waals surface area contributed by atoms with Crippen molar-refractivity contribution in [1.29, 1.82) is 0 Å². The summed E-state index contributed by atoms with van der Waals surface area (Å²) in [5.41, 5.74) is 1.71. The third-order valence-electron chi connectivity index (χ3n) is 4.93. The van der Waals surface area contributed by atoms with Crippen molar-refractivity contribution in [2.75, 3.05) is 11.1 Å². The van der Waals surface area contributed by atoms with Crippen LogP contribution < -0.4 is 5.32 Å². The number of nitrogens with zero attached hydrogens (tertiary/aromatic N) is 4. The van der Waals surface area contributed by atoms with Crippen LogP contribution in [0.15, 0.2) is 42.5 Å². The molecule has 1 saturated carbocycles. The monoisotopic (exact) mass is 369 g/mol. The minimum absolute atomic E-state index is 0.296. The Kier molecular flexibility index (Phi) is 4.97. The molecular formula is C19H23N5OS. The maximum atomic E-state index is 12.2. The third-order valence-corrected chi connectivity index (χ3v) is 6.67. The molecule has 0 bridgehead atoms. The SMILES string of the molecule is CCS(=O)C1CCCC(Nc2ccc3nnc(-c4ccccc4)n3n2)C1. The quantitative estimate of drug-likeness (QED) is 0.747. The molecule has 3 unspecified atom stereocenters. The molecule has 2 aromatic heterocycles. The molecule has 26 heavy (non-hydrogen) atoms. The summed E-state index contributed by atoms with van der Waals surface area (Å²) in [4.78, 5) is 0. The summed E-state index contributed by atoms with van der Waals surface area (Å²) in [6.07, 6.45) is 4.20. The summed E-state index contributed by atoms with van der Waals surface area (Å²) in [6, 6.07) is 14.1. The van der Waals surface area contributed by atoms with Gasteiger partial charge in [-0.05, 0) is 31.4 Å². The van der Waals surface area contributed by atoms with E-state index in [0.717, 1.165) is 54.3 Å². The number of hydrogen-bond donors (Lipinski definition) is 1. The molecule has 3 atom stereocenters. The molecule has 0 amide bonds. The Morgan fingerprint density at radius 1 is 1.15 bits per heavy atom. The minimum atomic E-state index is -0.722. The van der Waals surface area contributed by atoms with Crippen LogP contribution >= 0.6 is 0 Å². The van der Waals surface area contributed by atoms with Gasteiger partial charge in [-0.25, -0.2) is 0 Å². The zero-order valence-electron chi connectivity index (χ0n) is 14.8. The van der Waals surface area contributed by atoms with Gasteiger partial charge >= 0.3 is 0 Å². The summed E-state index contributed by atoms with van der Waals surface area (Å²) in [7, 11) is -0.722. The lowest BCUT2D eigenvalue weighted by molar-refractivity contribution is 0.464. The van der Waals surface area contributed by atoms with Crippen LogP contribution in [0.2, 0.25) is 0 Å². The Labute approximate surface area is 155 Å². The average molecular weight is 369 g/mol. The van der Waals surface area contributed by atoms with E-state index in [1.165, 1.54) is 0 Å². The van der Waals surface area contributed by atoms with Crippen LogP contribution in [0.3, 0.4) is 0 Å². The molecular weight excluding hydrogens is 346 g/mol. The van der Waals surface area contributed by atoms with Crippen LogP contribution in [0.1, 0.15) is 32.6 Å². The number of anilines is 1. The van der Waals surface area contributed by atoms with Crippen molar-refractivity contribution in [3.05, 3.63) is 42.5 Å².